The van der Waals surface area contributed by atoms with E-state index in [9.17, 15) is 33.0 Å². The van der Waals surface area contributed by atoms with Crippen LogP contribution in [0.15, 0.2) is 92.8 Å². The predicted octanol–water partition coefficient (Wildman–Crippen LogP) is 9.44. The molecule has 46 heavy (non-hydrogen) atoms. The maximum absolute atomic E-state index is 14.6. The third kappa shape index (κ3) is 7.61. The van der Waals surface area contributed by atoms with Gasteiger partial charge in [0.1, 0.15) is 16.5 Å². The van der Waals surface area contributed by atoms with Gasteiger partial charge in [-0.25, -0.2) is 14.5 Å². The molecular weight excluding hydrogens is 818 g/mol. The number of hydrogen-bond acceptors (Lipinski definition) is 6. The van der Waals surface area contributed by atoms with Gasteiger partial charge in [-0.2, -0.15) is 13.9 Å². The molecule has 1 aromatic heterocycles. The summed E-state index contributed by atoms with van der Waals surface area (Å²) in [6, 6.07) is 20.4. The number of nitrogens with zero attached hydrogens (tertiary/aromatic N) is 3. The van der Waals surface area contributed by atoms with Crippen molar-refractivity contribution in [2.45, 2.75) is 12.2 Å². The van der Waals surface area contributed by atoms with Crippen LogP contribution in [0.4, 0.5) is 14.5 Å². The summed E-state index contributed by atoms with van der Waals surface area (Å²) in [6.45, 7) is 0.0216. The number of halogens is 6. The van der Waals surface area contributed by atoms with E-state index in [4.69, 9.17) is 33.0 Å². The minimum absolute atomic E-state index is 0.0216. The number of hydrogen-bond donors (Lipinski definition) is 3. The number of carbonyl (C=O) groups is 1. The molecule has 0 radical (unpaired) electrons. The molecule has 4 aromatic carbocycles. The summed E-state index contributed by atoms with van der Waals surface area (Å²) in [6.07, 6.45) is 0. The topological polar surface area (TPSA) is 134 Å². The van der Waals surface area contributed by atoms with Gasteiger partial charge in [-0.05, 0) is 66.2 Å². The van der Waals surface area contributed by atoms with Crippen LogP contribution in [0.3, 0.4) is 0 Å². The van der Waals surface area contributed by atoms with Crippen molar-refractivity contribution in [1.29, 1.82) is 0 Å². The summed E-state index contributed by atoms with van der Waals surface area (Å²) in [5, 5.41) is 15.1. The van der Waals surface area contributed by atoms with E-state index in [1.54, 1.807) is 54.6 Å². The van der Waals surface area contributed by atoms with Crippen molar-refractivity contribution >= 4 is 85.7 Å². The zero-order valence-electron chi connectivity index (χ0n) is 22.7. The zero-order valence-corrected chi connectivity index (χ0v) is 29.1. The predicted molar refractivity (Wildman–Crippen MR) is 178 cm³/mol. The number of rotatable bonds is 9. The highest BCUT2D eigenvalue weighted by Gasteiger charge is 2.52. The standard InChI is InChI=1S/C29H18Br2Cl2F2N3O6PS/c30-21-9-15(10-22(31)25(21)29(34,35)45(41,42)43)14-38-28(36-18-7-8-23(32)24(33)13-18)46-26(37-38)16-3-1-5-19(11-16)44-20-6-2-4-17(12-20)27(39)40/h1-13H,14H2,(H,39,40)(H2,41,42,43). The van der Waals surface area contributed by atoms with E-state index in [0.29, 0.717) is 43.1 Å². The SMILES string of the molecule is O=C(O)c1cccc(Oc2cccc(-c3nn(Cc4cc(Br)c(C(F)(F)P(=O)(O)O)c(Br)c4)c(=Nc4ccc(Cl)c(Cl)c4)s3)c2)c1. The van der Waals surface area contributed by atoms with Crippen LogP contribution in [0.5, 0.6) is 11.5 Å². The average molecular weight is 836 g/mol. The average Bonchev–Trinajstić information content (AvgIpc) is 3.36. The summed E-state index contributed by atoms with van der Waals surface area (Å²) in [5.41, 5.74) is -3.71. The molecule has 5 rings (SSSR count). The summed E-state index contributed by atoms with van der Waals surface area (Å²) >= 11 is 19.5. The number of alkyl halides is 2. The molecule has 5 aromatic rings. The molecule has 0 spiro atoms. The quantitative estimate of drug-likeness (QED) is 0.126. The van der Waals surface area contributed by atoms with E-state index in [1.807, 2.05) is 0 Å². The molecule has 0 atom stereocenters. The highest BCUT2D eigenvalue weighted by molar-refractivity contribution is 9.11. The Labute approximate surface area is 290 Å². The number of carboxylic acid groups (broad SMARTS) is 1. The van der Waals surface area contributed by atoms with Crippen LogP contribution >= 0.6 is 74.0 Å². The molecule has 3 N–H and O–H groups in total. The van der Waals surface area contributed by atoms with Crippen LogP contribution in [0.25, 0.3) is 10.6 Å². The van der Waals surface area contributed by atoms with Gasteiger partial charge in [-0.3, -0.25) is 4.57 Å². The van der Waals surface area contributed by atoms with Gasteiger partial charge in [0.25, 0.3) is 0 Å². The number of aromatic carboxylic acids is 1. The smallest absolute Gasteiger partial charge is 0.399 e. The van der Waals surface area contributed by atoms with Gasteiger partial charge in [-0.15, -0.1) is 0 Å². The minimum Gasteiger partial charge on any atom is -0.478 e. The first kappa shape index (κ1) is 34.4. The molecule has 0 bridgehead atoms. The zero-order chi connectivity index (χ0) is 33.4. The number of ether oxygens (including phenoxy) is 1. The second-order valence-corrected chi connectivity index (χ2v) is 14.7. The van der Waals surface area contributed by atoms with Gasteiger partial charge in [-0.1, -0.05) is 84.6 Å². The molecular formula is C29H18Br2Cl2F2N3O6PS. The Hall–Kier alpha value is -2.94. The Morgan fingerprint density at radius 3 is 2.26 bits per heavy atom. The van der Waals surface area contributed by atoms with Crippen LogP contribution in [0.1, 0.15) is 21.5 Å². The molecule has 0 aliphatic heterocycles. The van der Waals surface area contributed by atoms with Crippen molar-refractivity contribution in [2.75, 3.05) is 0 Å². The van der Waals surface area contributed by atoms with Gasteiger partial charge >= 0.3 is 19.2 Å². The summed E-state index contributed by atoms with van der Waals surface area (Å²) in [7, 11) is -5.83. The van der Waals surface area contributed by atoms with Crippen molar-refractivity contribution < 1.29 is 37.8 Å². The molecule has 238 valence electrons. The molecule has 0 unspecified atom stereocenters. The lowest BCUT2D eigenvalue weighted by Gasteiger charge is -2.21. The third-order valence-corrected chi connectivity index (χ3v) is 10.2. The molecule has 0 amide bonds. The van der Waals surface area contributed by atoms with E-state index >= 15 is 0 Å². The van der Waals surface area contributed by atoms with Crippen molar-refractivity contribution in [2.24, 2.45) is 4.99 Å². The molecule has 0 fully saturated rings. The molecule has 17 heteroatoms. The monoisotopic (exact) mass is 833 g/mol. The van der Waals surface area contributed by atoms with Crippen LogP contribution < -0.4 is 9.54 Å². The van der Waals surface area contributed by atoms with E-state index in [1.165, 1.54) is 40.3 Å². The highest BCUT2D eigenvalue weighted by Crippen LogP contribution is 2.61. The van der Waals surface area contributed by atoms with Crippen LogP contribution in [-0.4, -0.2) is 30.6 Å². The first-order valence-electron chi connectivity index (χ1n) is 12.7. The maximum Gasteiger partial charge on any atom is 0.399 e. The molecule has 1 heterocycles. The summed E-state index contributed by atoms with van der Waals surface area (Å²) in [5.74, 6) is -0.348. The molecule has 0 aliphatic rings. The first-order valence-corrected chi connectivity index (χ1v) is 17.5. The van der Waals surface area contributed by atoms with Crippen molar-refractivity contribution in [3.8, 4) is 22.1 Å². The Kier molecular flexibility index (Phi) is 10.2. The van der Waals surface area contributed by atoms with Gasteiger partial charge in [0.2, 0.25) is 4.80 Å². The van der Waals surface area contributed by atoms with E-state index in [0.717, 1.165) is 0 Å². The fourth-order valence-corrected chi connectivity index (χ4v) is 7.95. The molecule has 0 saturated heterocycles. The van der Waals surface area contributed by atoms with E-state index in [2.05, 4.69) is 36.9 Å². The van der Waals surface area contributed by atoms with Crippen LogP contribution in [-0.2, 0) is 16.8 Å². The van der Waals surface area contributed by atoms with Gasteiger partial charge < -0.3 is 19.6 Å². The lowest BCUT2D eigenvalue weighted by molar-refractivity contribution is 0.0550. The normalized spacial score (nSPS) is 12.4. The summed E-state index contributed by atoms with van der Waals surface area (Å²) < 4.78 is 47.8. The van der Waals surface area contributed by atoms with Gasteiger partial charge in [0.05, 0.1) is 33.4 Å². The third-order valence-electron chi connectivity index (χ3n) is 6.25. The Balaban J connectivity index is 1.56. The fraction of sp³-hybridized carbons (Fsp3) is 0.0690. The number of aromatic nitrogens is 2. The van der Waals surface area contributed by atoms with Crippen LogP contribution in [0, 0.1) is 0 Å². The Morgan fingerprint density at radius 1 is 0.978 bits per heavy atom. The van der Waals surface area contributed by atoms with Gasteiger partial charge in [0, 0.05) is 14.5 Å². The highest BCUT2D eigenvalue weighted by atomic mass is 79.9. The van der Waals surface area contributed by atoms with E-state index in [-0.39, 0.29) is 26.1 Å². The first-order chi connectivity index (χ1) is 21.6. The molecule has 0 saturated carbocycles. The number of carboxylic acids is 1. The lowest BCUT2D eigenvalue weighted by Crippen LogP contribution is -2.18. The van der Waals surface area contributed by atoms with Crippen LogP contribution in [0.2, 0.25) is 10.0 Å². The second kappa shape index (κ2) is 13.7. The largest absolute Gasteiger partial charge is 0.478 e. The van der Waals surface area contributed by atoms with E-state index < -0.39 is 24.8 Å². The van der Waals surface area contributed by atoms with Crippen molar-refractivity contribution in [3.63, 3.8) is 0 Å². The Bertz CT molecular complexity index is 2080. The second-order valence-electron chi connectivity index (χ2n) is 9.54. The summed E-state index contributed by atoms with van der Waals surface area (Å²) in [4.78, 5) is 34.9. The van der Waals surface area contributed by atoms with Crippen molar-refractivity contribution in [1.82, 2.24) is 9.78 Å². The van der Waals surface area contributed by atoms with Gasteiger partial charge in [0.15, 0.2) is 0 Å². The fourth-order valence-electron chi connectivity index (χ4n) is 4.12. The Morgan fingerprint density at radius 2 is 1.63 bits per heavy atom. The lowest BCUT2D eigenvalue weighted by atomic mass is 10.1. The molecule has 9 nitrogen and oxygen atoms in total. The number of benzene rings is 4. The maximum atomic E-state index is 14.6. The van der Waals surface area contributed by atoms with Crippen molar-refractivity contribution in [3.05, 3.63) is 119 Å². The minimum atomic E-state index is -5.83. The molecule has 0 aliphatic carbocycles.